The SMILES string of the molecule is CCOc1ccccc1NC(=O)Nc1ccc(N2CCN(C(=O)CC(C)(C)C)CC2)cc1. The van der Waals surface area contributed by atoms with Gasteiger partial charge in [-0.25, -0.2) is 4.79 Å². The first-order chi connectivity index (χ1) is 15.2. The minimum atomic E-state index is -0.323. The van der Waals surface area contributed by atoms with Crippen molar-refractivity contribution in [1.82, 2.24) is 4.90 Å². The maximum atomic E-state index is 12.4. The first-order valence-electron chi connectivity index (χ1n) is 11.2. The second-order valence-electron chi connectivity index (χ2n) is 9.16. The molecule has 0 saturated carbocycles. The Labute approximate surface area is 190 Å². The molecule has 2 N–H and O–H groups in total. The molecule has 3 rings (SSSR count). The van der Waals surface area contributed by atoms with E-state index in [0.29, 0.717) is 30.2 Å². The molecule has 1 heterocycles. The van der Waals surface area contributed by atoms with Crippen LogP contribution in [0.1, 0.15) is 34.1 Å². The Hall–Kier alpha value is -3.22. The molecule has 0 spiro atoms. The number of para-hydroxylation sites is 2. The zero-order valence-corrected chi connectivity index (χ0v) is 19.5. The molecule has 7 nitrogen and oxygen atoms in total. The highest BCUT2D eigenvalue weighted by Gasteiger charge is 2.25. The summed E-state index contributed by atoms with van der Waals surface area (Å²) >= 11 is 0. The lowest BCUT2D eigenvalue weighted by Gasteiger charge is -2.37. The number of hydrogen-bond acceptors (Lipinski definition) is 4. The van der Waals surface area contributed by atoms with E-state index in [1.54, 1.807) is 6.07 Å². The Bertz CT molecular complexity index is 914. The fraction of sp³-hybridized carbons (Fsp3) is 0.440. The molecule has 1 saturated heterocycles. The van der Waals surface area contributed by atoms with Crippen molar-refractivity contribution in [2.24, 2.45) is 5.41 Å². The number of nitrogens with zero attached hydrogens (tertiary/aromatic N) is 2. The summed E-state index contributed by atoms with van der Waals surface area (Å²) in [6, 6.07) is 14.8. The van der Waals surface area contributed by atoms with Gasteiger partial charge in [0.1, 0.15) is 5.75 Å². The van der Waals surface area contributed by atoms with Crippen LogP contribution in [0.15, 0.2) is 48.5 Å². The van der Waals surface area contributed by atoms with Gasteiger partial charge in [-0.15, -0.1) is 0 Å². The van der Waals surface area contributed by atoms with Crippen LogP contribution in [0.4, 0.5) is 21.9 Å². The van der Waals surface area contributed by atoms with Crippen LogP contribution < -0.4 is 20.3 Å². The smallest absolute Gasteiger partial charge is 0.323 e. The van der Waals surface area contributed by atoms with Crippen LogP contribution in [0.5, 0.6) is 5.75 Å². The summed E-state index contributed by atoms with van der Waals surface area (Å²) in [7, 11) is 0. The maximum Gasteiger partial charge on any atom is 0.323 e. The first-order valence-corrected chi connectivity index (χ1v) is 11.2. The monoisotopic (exact) mass is 438 g/mol. The Morgan fingerprint density at radius 3 is 2.22 bits per heavy atom. The van der Waals surface area contributed by atoms with E-state index in [2.05, 4.69) is 36.3 Å². The number of carbonyl (C=O) groups excluding carboxylic acids is 2. The zero-order chi connectivity index (χ0) is 23.1. The summed E-state index contributed by atoms with van der Waals surface area (Å²) in [5.41, 5.74) is 2.43. The molecule has 1 fully saturated rings. The molecule has 0 aromatic heterocycles. The summed E-state index contributed by atoms with van der Waals surface area (Å²) in [6.07, 6.45) is 0.574. The van der Waals surface area contributed by atoms with Crippen molar-refractivity contribution in [2.75, 3.05) is 48.3 Å². The van der Waals surface area contributed by atoms with Crippen molar-refractivity contribution >= 4 is 29.0 Å². The van der Waals surface area contributed by atoms with Gasteiger partial charge in [0.2, 0.25) is 5.91 Å². The molecule has 0 unspecified atom stereocenters. The molecule has 0 atom stereocenters. The third kappa shape index (κ3) is 6.64. The molecular weight excluding hydrogens is 404 g/mol. The van der Waals surface area contributed by atoms with Gasteiger partial charge >= 0.3 is 6.03 Å². The Balaban J connectivity index is 1.51. The zero-order valence-electron chi connectivity index (χ0n) is 19.5. The lowest BCUT2D eigenvalue weighted by molar-refractivity contribution is -0.133. The van der Waals surface area contributed by atoms with Gasteiger partial charge in [-0.2, -0.15) is 0 Å². The predicted molar refractivity (Wildman–Crippen MR) is 130 cm³/mol. The number of benzene rings is 2. The molecule has 1 aliphatic rings. The van der Waals surface area contributed by atoms with Crippen molar-refractivity contribution in [1.29, 1.82) is 0 Å². The van der Waals surface area contributed by atoms with Crippen LogP contribution in [0.2, 0.25) is 0 Å². The van der Waals surface area contributed by atoms with E-state index in [1.165, 1.54) is 0 Å². The van der Waals surface area contributed by atoms with E-state index in [0.717, 1.165) is 31.9 Å². The van der Waals surface area contributed by atoms with E-state index in [9.17, 15) is 9.59 Å². The van der Waals surface area contributed by atoms with Crippen LogP contribution in [0.3, 0.4) is 0 Å². The van der Waals surface area contributed by atoms with Crippen molar-refractivity contribution in [3.8, 4) is 5.75 Å². The fourth-order valence-corrected chi connectivity index (χ4v) is 3.67. The number of nitrogens with one attached hydrogen (secondary N) is 2. The van der Waals surface area contributed by atoms with Gasteiger partial charge in [0.25, 0.3) is 0 Å². The molecule has 0 bridgehead atoms. The molecule has 0 radical (unpaired) electrons. The number of hydrogen-bond donors (Lipinski definition) is 2. The van der Waals surface area contributed by atoms with Gasteiger partial charge in [0.05, 0.1) is 12.3 Å². The molecule has 172 valence electrons. The third-order valence-electron chi connectivity index (χ3n) is 5.24. The average Bonchev–Trinajstić information content (AvgIpc) is 2.75. The maximum absolute atomic E-state index is 12.4. The van der Waals surface area contributed by atoms with Crippen molar-refractivity contribution in [3.63, 3.8) is 0 Å². The molecule has 2 aromatic carbocycles. The van der Waals surface area contributed by atoms with Crippen LogP contribution in [-0.4, -0.2) is 49.6 Å². The second-order valence-corrected chi connectivity index (χ2v) is 9.16. The highest BCUT2D eigenvalue weighted by atomic mass is 16.5. The number of carbonyl (C=O) groups is 2. The minimum Gasteiger partial charge on any atom is -0.492 e. The summed E-state index contributed by atoms with van der Waals surface area (Å²) < 4.78 is 5.54. The highest BCUT2D eigenvalue weighted by Crippen LogP contribution is 2.25. The van der Waals surface area contributed by atoms with Crippen molar-refractivity contribution < 1.29 is 14.3 Å². The average molecular weight is 439 g/mol. The van der Waals surface area contributed by atoms with Gasteiger partial charge in [-0.05, 0) is 48.7 Å². The predicted octanol–water partition coefficient (Wildman–Crippen LogP) is 4.81. The summed E-state index contributed by atoms with van der Waals surface area (Å²) in [6.45, 7) is 11.8. The van der Waals surface area contributed by atoms with Crippen LogP contribution in [0.25, 0.3) is 0 Å². The standard InChI is InChI=1S/C25H34N4O3/c1-5-32-22-9-7-6-8-21(22)27-24(31)26-19-10-12-20(13-11-19)28-14-16-29(17-15-28)23(30)18-25(2,3)4/h6-13H,5,14-18H2,1-4H3,(H2,26,27,31). The van der Waals surface area contributed by atoms with E-state index in [4.69, 9.17) is 4.74 Å². The molecule has 32 heavy (non-hydrogen) atoms. The number of anilines is 3. The number of piperazine rings is 1. The number of amides is 3. The highest BCUT2D eigenvalue weighted by molar-refractivity contribution is 6.00. The molecule has 7 heteroatoms. The summed E-state index contributed by atoms with van der Waals surface area (Å²) in [4.78, 5) is 29.1. The van der Waals surface area contributed by atoms with E-state index in [-0.39, 0.29) is 17.4 Å². The first kappa shape index (κ1) is 23.4. The lowest BCUT2D eigenvalue weighted by Crippen LogP contribution is -2.49. The van der Waals surface area contributed by atoms with E-state index in [1.807, 2.05) is 54.3 Å². The summed E-state index contributed by atoms with van der Waals surface area (Å²) in [5.74, 6) is 0.870. The van der Waals surface area contributed by atoms with Crippen LogP contribution >= 0.6 is 0 Å². The van der Waals surface area contributed by atoms with Crippen LogP contribution in [-0.2, 0) is 4.79 Å². The van der Waals surface area contributed by atoms with Crippen LogP contribution in [0, 0.1) is 5.41 Å². The number of urea groups is 1. The normalized spacial score (nSPS) is 14.1. The van der Waals surface area contributed by atoms with E-state index >= 15 is 0 Å². The van der Waals surface area contributed by atoms with Crippen molar-refractivity contribution in [3.05, 3.63) is 48.5 Å². The topological polar surface area (TPSA) is 73.9 Å². The Morgan fingerprint density at radius 1 is 0.938 bits per heavy atom. The van der Waals surface area contributed by atoms with Gasteiger partial charge in [0, 0.05) is 44.0 Å². The van der Waals surface area contributed by atoms with Gasteiger partial charge in [0.15, 0.2) is 0 Å². The number of ether oxygens (including phenoxy) is 1. The second kappa shape index (κ2) is 10.4. The summed E-state index contributed by atoms with van der Waals surface area (Å²) in [5, 5.41) is 5.69. The fourth-order valence-electron chi connectivity index (χ4n) is 3.67. The minimum absolute atomic E-state index is 0.00838. The van der Waals surface area contributed by atoms with Gasteiger partial charge in [-0.1, -0.05) is 32.9 Å². The third-order valence-corrected chi connectivity index (χ3v) is 5.24. The van der Waals surface area contributed by atoms with Gasteiger partial charge < -0.3 is 25.2 Å². The van der Waals surface area contributed by atoms with Gasteiger partial charge in [-0.3, -0.25) is 4.79 Å². The quantitative estimate of drug-likeness (QED) is 0.679. The largest absolute Gasteiger partial charge is 0.492 e. The van der Waals surface area contributed by atoms with E-state index < -0.39 is 0 Å². The molecular formula is C25H34N4O3. The molecule has 1 aliphatic heterocycles. The molecule has 2 aromatic rings. The Morgan fingerprint density at radius 2 is 1.59 bits per heavy atom. The Kier molecular flexibility index (Phi) is 7.62. The lowest BCUT2D eigenvalue weighted by atomic mass is 9.91. The molecule has 3 amide bonds. The molecule has 0 aliphatic carbocycles. The number of rotatable bonds is 6. The van der Waals surface area contributed by atoms with Crippen molar-refractivity contribution in [2.45, 2.75) is 34.1 Å².